The second-order valence-corrected chi connectivity index (χ2v) is 13.8. The topological polar surface area (TPSA) is 43.6 Å². The Morgan fingerprint density at radius 1 is 0.400 bits per heavy atom. The molecule has 5 heteroatoms. The molecule has 10 aromatic rings. The average Bonchev–Trinajstić information content (AvgIpc) is 3.69. The Hall–Kier alpha value is -6.43. The fourth-order valence-electron chi connectivity index (χ4n) is 7.76. The van der Waals surface area contributed by atoms with E-state index in [-0.39, 0.29) is 0 Å². The van der Waals surface area contributed by atoms with Gasteiger partial charge in [0.25, 0.3) is 0 Å². The first-order valence-corrected chi connectivity index (χ1v) is 17.6. The van der Waals surface area contributed by atoms with Crippen LogP contribution in [0.1, 0.15) is 0 Å². The minimum atomic E-state index is 0.662. The van der Waals surface area contributed by atoms with E-state index in [1.54, 1.807) is 0 Å². The molecule has 3 aromatic heterocycles. The molecule has 0 spiro atoms. The predicted molar refractivity (Wildman–Crippen MR) is 208 cm³/mol. The molecule has 0 atom stereocenters. The predicted octanol–water partition coefficient (Wildman–Crippen LogP) is 12.0. The minimum Gasteiger partial charge on any atom is -0.307 e. The highest BCUT2D eigenvalue weighted by atomic mass is 32.1. The van der Waals surface area contributed by atoms with Crippen LogP contribution >= 0.6 is 11.3 Å². The van der Waals surface area contributed by atoms with Crippen LogP contribution in [0.4, 0.5) is 0 Å². The van der Waals surface area contributed by atoms with Crippen molar-refractivity contribution in [1.82, 2.24) is 19.5 Å². The molecule has 4 nitrogen and oxygen atoms in total. The van der Waals surface area contributed by atoms with E-state index in [0.29, 0.717) is 17.5 Å². The van der Waals surface area contributed by atoms with E-state index >= 15 is 0 Å². The zero-order valence-electron chi connectivity index (χ0n) is 26.7. The molecule has 4 heterocycles. The summed E-state index contributed by atoms with van der Waals surface area (Å²) in [6.07, 6.45) is 0. The number of benzene rings is 7. The highest BCUT2D eigenvalue weighted by Crippen LogP contribution is 2.51. The van der Waals surface area contributed by atoms with E-state index in [1.165, 1.54) is 69.9 Å². The number of fused-ring (bicyclic) bond motifs is 12. The van der Waals surface area contributed by atoms with Crippen molar-refractivity contribution in [3.63, 3.8) is 0 Å². The monoisotopic (exact) mass is 654 g/mol. The van der Waals surface area contributed by atoms with Gasteiger partial charge in [0.05, 0.1) is 21.4 Å². The molecule has 0 saturated heterocycles. The summed E-state index contributed by atoms with van der Waals surface area (Å²) in [4.78, 5) is 15.0. The molecule has 11 rings (SSSR count). The number of nitrogens with zero attached hydrogens (tertiary/aromatic N) is 4. The van der Waals surface area contributed by atoms with Gasteiger partial charge in [-0.05, 0) is 35.4 Å². The average molecular weight is 655 g/mol. The van der Waals surface area contributed by atoms with Crippen molar-refractivity contribution >= 4 is 53.3 Å². The number of thiophene rings is 1. The first kappa shape index (κ1) is 27.5. The maximum absolute atomic E-state index is 5.03. The molecular formula is C45H26N4S. The molecule has 0 bridgehead atoms. The van der Waals surface area contributed by atoms with Gasteiger partial charge >= 0.3 is 0 Å². The van der Waals surface area contributed by atoms with Crippen LogP contribution in [0.15, 0.2) is 158 Å². The Morgan fingerprint density at radius 2 is 1.00 bits per heavy atom. The Labute approximate surface area is 291 Å². The van der Waals surface area contributed by atoms with Crippen molar-refractivity contribution in [3.8, 4) is 62.1 Å². The molecule has 7 aromatic carbocycles. The van der Waals surface area contributed by atoms with Crippen LogP contribution in [0.25, 0.3) is 104 Å². The van der Waals surface area contributed by atoms with Gasteiger partial charge in [0.15, 0.2) is 17.5 Å². The summed E-state index contributed by atoms with van der Waals surface area (Å²) in [5.41, 5.74) is 11.7. The van der Waals surface area contributed by atoms with Crippen LogP contribution < -0.4 is 0 Å². The van der Waals surface area contributed by atoms with Gasteiger partial charge in [-0.25, -0.2) is 15.0 Å². The normalized spacial score (nSPS) is 12.0. The molecule has 0 aliphatic carbocycles. The number of aromatic nitrogens is 4. The fourth-order valence-corrected chi connectivity index (χ4v) is 8.98. The van der Waals surface area contributed by atoms with E-state index in [1.807, 2.05) is 72.0 Å². The molecular weight excluding hydrogens is 629 g/mol. The van der Waals surface area contributed by atoms with Crippen molar-refractivity contribution in [3.05, 3.63) is 158 Å². The maximum atomic E-state index is 5.03. The first-order valence-electron chi connectivity index (χ1n) is 16.8. The van der Waals surface area contributed by atoms with Crippen molar-refractivity contribution in [2.75, 3.05) is 0 Å². The molecule has 1 aliphatic heterocycles. The summed E-state index contributed by atoms with van der Waals surface area (Å²) in [7, 11) is 0. The van der Waals surface area contributed by atoms with Gasteiger partial charge in [0.2, 0.25) is 0 Å². The Balaban J connectivity index is 1.19. The summed E-state index contributed by atoms with van der Waals surface area (Å²) >= 11 is 1.86. The lowest BCUT2D eigenvalue weighted by Crippen LogP contribution is -2.00. The molecule has 1 aliphatic rings. The molecule has 0 fully saturated rings. The summed E-state index contributed by atoms with van der Waals surface area (Å²) in [6.45, 7) is 0. The standard InChI is InChI=1S/C45H26N4S/c1-3-12-27(13-4-1)43-46-44(28-14-5-2-6-15-28)48-45(47-43)29-22-25-39-37(26-29)36-24-23-35-31-17-8-7-16-30(31)33-19-11-20-34-32-18-9-10-21-38(32)49(40(33)34)41(35)42(36)50-39/h1-26H. The third kappa shape index (κ3) is 3.95. The quantitative estimate of drug-likeness (QED) is 0.190. The third-order valence-electron chi connectivity index (χ3n) is 10.00. The van der Waals surface area contributed by atoms with Crippen LogP contribution in [-0.2, 0) is 0 Å². The van der Waals surface area contributed by atoms with E-state index < -0.39 is 0 Å². The van der Waals surface area contributed by atoms with Gasteiger partial charge in [-0.3, -0.25) is 0 Å². The van der Waals surface area contributed by atoms with Crippen molar-refractivity contribution in [1.29, 1.82) is 0 Å². The summed E-state index contributed by atoms with van der Waals surface area (Å²) in [5, 5.41) is 4.98. The molecule has 50 heavy (non-hydrogen) atoms. The molecule has 0 saturated carbocycles. The van der Waals surface area contributed by atoms with E-state index in [0.717, 1.165) is 16.7 Å². The minimum absolute atomic E-state index is 0.662. The van der Waals surface area contributed by atoms with E-state index in [4.69, 9.17) is 15.0 Å². The van der Waals surface area contributed by atoms with Gasteiger partial charge in [-0.2, -0.15) is 0 Å². The van der Waals surface area contributed by atoms with E-state index in [9.17, 15) is 0 Å². The molecule has 0 amide bonds. The SMILES string of the molecule is c1ccc(-c2nc(-c3ccccc3)nc(-c3ccc4sc5c6c(ccc5c4c3)-c3ccccc3-c3cccc4c5ccccc5n-6c34)n2)cc1. The Bertz CT molecular complexity index is 2920. The van der Waals surface area contributed by atoms with Crippen LogP contribution in [-0.4, -0.2) is 19.5 Å². The maximum Gasteiger partial charge on any atom is 0.164 e. The summed E-state index contributed by atoms with van der Waals surface area (Å²) in [6, 6.07) is 56.0. The van der Waals surface area contributed by atoms with Crippen LogP contribution in [0.3, 0.4) is 0 Å². The smallest absolute Gasteiger partial charge is 0.164 e. The van der Waals surface area contributed by atoms with Gasteiger partial charge < -0.3 is 4.57 Å². The van der Waals surface area contributed by atoms with Crippen molar-refractivity contribution < 1.29 is 0 Å². The summed E-state index contributed by atoms with van der Waals surface area (Å²) < 4.78 is 5.03. The highest BCUT2D eigenvalue weighted by Gasteiger charge is 2.27. The lowest BCUT2D eigenvalue weighted by molar-refractivity contribution is 1.07. The number of rotatable bonds is 3. The Morgan fingerprint density at radius 3 is 1.74 bits per heavy atom. The molecule has 0 radical (unpaired) electrons. The molecule has 0 N–H and O–H groups in total. The van der Waals surface area contributed by atoms with Crippen LogP contribution in [0.2, 0.25) is 0 Å². The van der Waals surface area contributed by atoms with Crippen molar-refractivity contribution in [2.45, 2.75) is 0 Å². The largest absolute Gasteiger partial charge is 0.307 e. The van der Waals surface area contributed by atoms with Gasteiger partial charge in [-0.15, -0.1) is 11.3 Å². The van der Waals surface area contributed by atoms with Crippen molar-refractivity contribution in [2.24, 2.45) is 0 Å². The first-order chi connectivity index (χ1) is 24.8. The van der Waals surface area contributed by atoms with Gasteiger partial charge in [-0.1, -0.05) is 133 Å². The zero-order valence-corrected chi connectivity index (χ0v) is 27.5. The molecule has 232 valence electrons. The van der Waals surface area contributed by atoms with Crippen LogP contribution in [0, 0.1) is 0 Å². The second kappa shape index (κ2) is 10.5. The van der Waals surface area contributed by atoms with Crippen LogP contribution in [0.5, 0.6) is 0 Å². The summed E-state index contributed by atoms with van der Waals surface area (Å²) in [5.74, 6) is 1.99. The highest BCUT2D eigenvalue weighted by molar-refractivity contribution is 7.26. The Kier molecular flexibility index (Phi) is 5.80. The molecule has 0 unspecified atom stereocenters. The number of hydrogen-bond donors (Lipinski definition) is 0. The lowest BCUT2D eigenvalue weighted by atomic mass is 9.93. The van der Waals surface area contributed by atoms with E-state index in [2.05, 4.69) is 102 Å². The zero-order chi connectivity index (χ0) is 32.8. The second-order valence-electron chi connectivity index (χ2n) is 12.8. The van der Waals surface area contributed by atoms with Gasteiger partial charge in [0.1, 0.15) is 0 Å². The lowest BCUT2D eigenvalue weighted by Gasteiger charge is -2.14. The fraction of sp³-hybridized carbons (Fsp3) is 0. The van der Waals surface area contributed by atoms with Gasteiger partial charge in [0, 0.05) is 54.1 Å². The number of hydrogen-bond acceptors (Lipinski definition) is 4. The third-order valence-corrected chi connectivity index (χ3v) is 11.2. The number of para-hydroxylation sites is 2.